The van der Waals surface area contributed by atoms with Crippen molar-refractivity contribution < 1.29 is 9.53 Å². The van der Waals surface area contributed by atoms with E-state index in [0.717, 1.165) is 12.0 Å². The van der Waals surface area contributed by atoms with Crippen LogP contribution in [0.1, 0.15) is 25.3 Å². The van der Waals surface area contributed by atoms with E-state index in [1.807, 2.05) is 30.1 Å². The van der Waals surface area contributed by atoms with Gasteiger partial charge >= 0.3 is 0 Å². The molecule has 1 fully saturated rings. The van der Waals surface area contributed by atoms with Crippen molar-refractivity contribution in [3.05, 3.63) is 34.9 Å². The molecule has 28 heavy (non-hydrogen) atoms. The van der Waals surface area contributed by atoms with Gasteiger partial charge in [-0.25, -0.2) is 9.91 Å². The fraction of sp³-hybridized carbons (Fsp3) is 0.474. The van der Waals surface area contributed by atoms with Crippen molar-refractivity contribution in [3.63, 3.8) is 0 Å². The minimum absolute atomic E-state index is 0.0252. The van der Waals surface area contributed by atoms with Crippen LogP contribution in [0, 0.1) is 16.9 Å². The molecular formula is C19H23ClN6O2. The first-order valence-electron chi connectivity index (χ1n) is 9.30. The number of carbonyl (C=O) groups excluding carboxylic acids is 1. The van der Waals surface area contributed by atoms with Gasteiger partial charge in [0.2, 0.25) is 11.9 Å². The van der Waals surface area contributed by atoms with Gasteiger partial charge in [0.25, 0.3) is 0 Å². The molecule has 1 unspecified atom stereocenters. The second kappa shape index (κ2) is 9.04. The molecule has 0 aromatic heterocycles. The lowest BCUT2D eigenvalue weighted by atomic mass is 10.0. The summed E-state index contributed by atoms with van der Waals surface area (Å²) in [6.45, 7) is 4.07. The second-order valence-electron chi connectivity index (χ2n) is 6.55. The standard InChI is InChI=1S/C19H23ClN6O2/c1-2-28-11-10-24(13-21)19(22)26-12-16(25-9-3-4-17(25)27)18(23-26)14-5-7-15(20)8-6-14/h5-8,16,22H,2-4,9-12H2,1H3. The number of nitrogens with one attached hydrogen (secondary N) is 1. The van der Waals surface area contributed by atoms with Crippen molar-refractivity contribution in [1.29, 1.82) is 10.7 Å². The molecule has 0 radical (unpaired) electrons. The summed E-state index contributed by atoms with van der Waals surface area (Å²) in [6.07, 6.45) is 3.36. The van der Waals surface area contributed by atoms with Crippen molar-refractivity contribution in [2.45, 2.75) is 25.8 Å². The molecule has 1 amide bonds. The molecule has 2 aliphatic rings. The lowest BCUT2D eigenvalue weighted by Crippen LogP contribution is -2.46. The van der Waals surface area contributed by atoms with Gasteiger partial charge in [0, 0.05) is 30.2 Å². The molecule has 8 nitrogen and oxygen atoms in total. The maximum atomic E-state index is 12.3. The summed E-state index contributed by atoms with van der Waals surface area (Å²) in [6, 6.07) is 7.02. The van der Waals surface area contributed by atoms with Gasteiger partial charge < -0.3 is 9.64 Å². The number of likely N-dealkylation sites (tertiary alicyclic amines) is 1. The first kappa shape index (κ1) is 20.1. The van der Waals surface area contributed by atoms with Gasteiger partial charge in [-0.3, -0.25) is 10.2 Å². The second-order valence-corrected chi connectivity index (χ2v) is 6.99. The summed E-state index contributed by atoms with van der Waals surface area (Å²) in [5.74, 6) is 0.0661. The first-order chi connectivity index (χ1) is 13.5. The molecule has 2 aliphatic heterocycles. The Kier molecular flexibility index (Phi) is 6.49. The molecule has 0 spiro atoms. The topological polar surface area (TPSA) is 96.0 Å². The third-order valence-corrected chi connectivity index (χ3v) is 5.05. The molecule has 0 bridgehead atoms. The lowest BCUT2D eigenvalue weighted by molar-refractivity contribution is -0.128. The first-order valence-corrected chi connectivity index (χ1v) is 9.68. The van der Waals surface area contributed by atoms with Gasteiger partial charge in [-0.2, -0.15) is 10.4 Å². The zero-order valence-corrected chi connectivity index (χ0v) is 16.5. The normalized spacial score (nSPS) is 19.0. The number of nitriles is 1. The van der Waals surface area contributed by atoms with E-state index in [2.05, 4.69) is 5.10 Å². The van der Waals surface area contributed by atoms with E-state index in [-0.39, 0.29) is 24.5 Å². The number of carbonyl (C=O) groups is 1. The molecule has 0 aliphatic carbocycles. The summed E-state index contributed by atoms with van der Waals surface area (Å²) >= 11 is 6.00. The van der Waals surface area contributed by atoms with Crippen molar-refractivity contribution in [2.75, 3.05) is 32.8 Å². The van der Waals surface area contributed by atoms with Crippen LogP contribution in [0.25, 0.3) is 0 Å². The summed E-state index contributed by atoms with van der Waals surface area (Å²) in [7, 11) is 0. The molecule has 1 atom stereocenters. The van der Waals surface area contributed by atoms with Gasteiger partial charge in [-0.1, -0.05) is 23.7 Å². The van der Waals surface area contributed by atoms with Gasteiger partial charge in [0.05, 0.1) is 31.4 Å². The number of amides is 1. The third kappa shape index (κ3) is 4.26. The van der Waals surface area contributed by atoms with E-state index in [9.17, 15) is 10.1 Å². The van der Waals surface area contributed by atoms with Crippen LogP contribution in [-0.2, 0) is 9.53 Å². The van der Waals surface area contributed by atoms with E-state index in [4.69, 9.17) is 21.7 Å². The molecule has 1 N–H and O–H groups in total. The van der Waals surface area contributed by atoms with Crippen molar-refractivity contribution >= 4 is 29.2 Å². The fourth-order valence-corrected chi connectivity index (χ4v) is 3.51. The number of hydrogen-bond acceptors (Lipinski definition) is 5. The van der Waals surface area contributed by atoms with E-state index < -0.39 is 0 Å². The van der Waals surface area contributed by atoms with Crippen molar-refractivity contribution in [1.82, 2.24) is 14.8 Å². The lowest BCUT2D eigenvalue weighted by Gasteiger charge is -2.27. The molecule has 1 saturated heterocycles. The Morgan fingerprint density at radius 1 is 1.46 bits per heavy atom. The van der Waals surface area contributed by atoms with Gasteiger partial charge in [0.15, 0.2) is 6.19 Å². The largest absolute Gasteiger partial charge is 0.380 e. The number of hydrazone groups is 1. The molecule has 3 rings (SSSR count). The molecule has 148 valence electrons. The van der Waals surface area contributed by atoms with E-state index >= 15 is 0 Å². The molecule has 9 heteroatoms. The SMILES string of the molecule is CCOCCN(C#N)C(=N)N1CC(N2CCCC2=O)C(c2ccc(Cl)cc2)=N1. The monoisotopic (exact) mass is 402 g/mol. The molecular weight excluding hydrogens is 380 g/mol. The van der Waals surface area contributed by atoms with Crippen LogP contribution < -0.4 is 0 Å². The average Bonchev–Trinajstić information content (AvgIpc) is 3.31. The van der Waals surface area contributed by atoms with Gasteiger partial charge in [0.1, 0.15) is 0 Å². The number of halogens is 1. The smallest absolute Gasteiger partial charge is 0.228 e. The maximum absolute atomic E-state index is 12.3. The Labute approximate surface area is 169 Å². The van der Waals surface area contributed by atoms with Crippen molar-refractivity contribution in [3.8, 4) is 6.19 Å². The molecule has 0 saturated carbocycles. The Morgan fingerprint density at radius 3 is 2.82 bits per heavy atom. The Balaban J connectivity index is 1.84. The molecule has 1 aromatic carbocycles. The van der Waals surface area contributed by atoms with Crippen molar-refractivity contribution in [2.24, 2.45) is 5.10 Å². The Hall–Kier alpha value is -2.63. The predicted molar refractivity (Wildman–Crippen MR) is 106 cm³/mol. The van der Waals surface area contributed by atoms with Crippen LogP contribution >= 0.6 is 11.6 Å². The Morgan fingerprint density at radius 2 is 2.21 bits per heavy atom. The predicted octanol–water partition coefficient (Wildman–Crippen LogP) is 2.11. The van der Waals surface area contributed by atoms with Crippen LogP contribution in [0.2, 0.25) is 5.02 Å². The van der Waals surface area contributed by atoms with Crippen LogP contribution in [0.5, 0.6) is 0 Å². The summed E-state index contributed by atoms with van der Waals surface area (Å²) in [5.41, 5.74) is 1.56. The van der Waals surface area contributed by atoms with E-state index in [1.165, 1.54) is 9.91 Å². The average molecular weight is 403 g/mol. The summed E-state index contributed by atoms with van der Waals surface area (Å²) in [5, 5.41) is 24.5. The number of rotatable bonds is 6. The zero-order valence-electron chi connectivity index (χ0n) is 15.8. The van der Waals surface area contributed by atoms with Gasteiger partial charge in [-0.15, -0.1) is 0 Å². The van der Waals surface area contributed by atoms with Crippen LogP contribution in [0.3, 0.4) is 0 Å². The number of nitrogens with zero attached hydrogens (tertiary/aromatic N) is 5. The highest BCUT2D eigenvalue weighted by molar-refractivity contribution is 6.30. The number of hydrogen-bond donors (Lipinski definition) is 1. The van der Waals surface area contributed by atoms with Crippen LogP contribution in [-0.4, -0.2) is 71.3 Å². The minimum Gasteiger partial charge on any atom is -0.380 e. The molecule has 2 heterocycles. The summed E-state index contributed by atoms with van der Waals surface area (Å²) in [4.78, 5) is 15.4. The van der Waals surface area contributed by atoms with E-state index in [1.54, 1.807) is 12.1 Å². The fourth-order valence-electron chi connectivity index (χ4n) is 3.38. The zero-order chi connectivity index (χ0) is 20.1. The van der Waals surface area contributed by atoms with E-state index in [0.29, 0.717) is 43.5 Å². The summed E-state index contributed by atoms with van der Waals surface area (Å²) < 4.78 is 5.29. The third-order valence-electron chi connectivity index (χ3n) is 4.80. The van der Waals surface area contributed by atoms with Crippen LogP contribution in [0.4, 0.5) is 0 Å². The highest BCUT2D eigenvalue weighted by Crippen LogP contribution is 2.25. The highest BCUT2D eigenvalue weighted by Gasteiger charge is 2.39. The number of ether oxygens (including phenoxy) is 1. The van der Waals surface area contributed by atoms with Crippen LogP contribution in [0.15, 0.2) is 29.4 Å². The number of benzene rings is 1. The van der Waals surface area contributed by atoms with Gasteiger partial charge in [-0.05, 0) is 25.5 Å². The molecule has 1 aromatic rings. The number of guanidine groups is 1. The maximum Gasteiger partial charge on any atom is 0.228 e. The highest BCUT2D eigenvalue weighted by atomic mass is 35.5. The quantitative estimate of drug-likeness (QED) is 0.258. The Bertz CT molecular complexity index is 804. The minimum atomic E-state index is -0.260.